The van der Waals surface area contributed by atoms with E-state index in [1.54, 1.807) is 6.92 Å². The minimum absolute atomic E-state index is 0.0240. The summed E-state index contributed by atoms with van der Waals surface area (Å²) in [6, 6.07) is -1.67. The van der Waals surface area contributed by atoms with Crippen LogP contribution < -0.4 is 10.6 Å². The third kappa shape index (κ3) is 7.53. The van der Waals surface area contributed by atoms with Gasteiger partial charge in [-0.05, 0) is 13.8 Å². The quantitative estimate of drug-likeness (QED) is 0.465. The highest BCUT2D eigenvalue weighted by Crippen LogP contribution is 1.92. The SMILES string of the molecule is CCOC(C)CNC(=O)NC(CCO)C(=O)O. The van der Waals surface area contributed by atoms with Gasteiger partial charge in [0.05, 0.1) is 6.10 Å². The maximum atomic E-state index is 11.3. The molecule has 0 aromatic rings. The number of carbonyl (C=O) groups excluding carboxylic acids is 1. The standard InChI is InChI=1S/C10H20N2O5/c1-3-17-7(2)6-11-10(16)12-8(4-5-13)9(14)15/h7-8,13H,3-6H2,1-2H3,(H,14,15)(H2,11,12,16). The summed E-state index contributed by atoms with van der Waals surface area (Å²) in [4.78, 5) is 22.0. The summed E-state index contributed by atoms with van der Waals surface area (Å²) in [5.41, 5.74) is 0. The highest BCUT2D eigenvalue weighted by Gasteiger charge is 2.19. The average Bonchev–Trinajstić information content (AvgIpc) is 2.26. The molecule has 0 aromatic carbocycles. The fourth-order valence-electron chi connectivity index (χ4n) is 1.18. The van der Waals surface area contributed by atoms with Gasteiger partial charge in [0.1, 0.15) is 6.04 Å². The zero-order valence-corrected chi connectivity index (χ0v) is 10.1. The van der Waals surface area contributed by atoms with E-state index in [0.717, 1.165) is 0 Å². The van der Waals surface area contributed by atoms with Crippen LogP contribution in [0.1, 0.15) is 20.3 Å². The lowest BCUT2D eigenvalue weighted by Crippen LogP contribution is -2.47. The average molecular weight is 248 g/mol. The Morgan fingerprint density at radius 2 is 2.06 bits per heavy atom. The lowest BCUT2D eigenvalue weighted by molar-refractivity contribution is -0.139. The molecule has 0 saturated heterocycles. The summed E-state index contributed by atoms with van der Waals surface area (Å²) < 4.78 is 5.19. The fourth-order valence-corrected chi connectivity index (χ4v) is 1.18. The second-order valence-corrected chi connectivity index (χ2v) is 3.52. The molecule has 0 bridgehead atoms. The Kier molecular flexibility index (Phi) is 8.08. The first-order valence-electron chi connectivity index (χ1n) is 5.50. The molecule has 0 heterocycles. The molecule has 0 aromatic heterocycles. The van der Waals surface area contributed by atoms with Crippen molar-refractivity contribution < 1.29 is 24.5 Å². The number of ether oxygens (including phenoxy) is 1. The molecule has 0 radical (unpaired) electrons. The maximum absolute atomic E-state index is 11.3. The number of carboxylic acids is 1. The predicted octanol–water partition coefficient (Wildman–Crippen LogP) is -0.454. The van der Waals surface area contributed by atoms with E-state index in [-0.39, 0.29) is 19.1 Å². The van der Waals surface area contributed by atoms with E-state index < -0.39 is 18.0 Å². The van der Waals surface area contributed by atoms with Gasteiger partial charge in [0.25, 0.3) is 0 Å². The summed E-state index contributed by atoms with van der Waals surface area (Å²) in [5, 5.41) is 22.1. The Bertz CT molecular complexity index is 247. The summed E-state index contributed by atoms with van der Waals surface area (Å²) in [6.45, 7) is 4.19. The molecule has 0 aliphatic rings. The number of rotatable bonds is 8. The van der Waals surface area contributed by atoms with E-state index in [0.29, 0.717) is 13.2 Å². The highest BCUT2D eigenvalue weighted by atomic mass is 16.5. The molecule has 7 heteroatoms. The van der Waals surface area contributed by atoms with Crippen molar-refractivity contribution in [2.45, 2.75) is 32.4 Å². The summed E-state index contributed by atoms with van der Waals surface area (Å²) in [7, 11) is 0. The Morgan fingerprint density at radius 1 is 1.41 bits per heavy atom. The monoisotopic (exact) mass is 248 g/mol. The van der Waals surface area contributed by atoms with Gasteiger partial charge in [0, 0.05) is 26.2 Å². The number of urea groups is 1. The van der Waals surface area contributed by atoms with Gasteiger partial charge >= 0.3 is 12.0 Å². The van der Waals surface area contributed by atoms with Gasteiger partial charge < -0.3 is 25.6 Å². The van der Waals surface area contributed by atoms with Crippen LogP contribution in [0, 0.1) is 0 Å². The Balaban J connectivity index is 3.93. The molecule has 4 N–H and O–H groups in total. The Hall–Kier alpha value is -1.34. The Labute approximate surface area is 100 Å². The van der Waals surface area contributed by atoms with E-state index >= 15 is 0 Å². The van der Waals surface area contributed by atoms with Crippen molar-refractivity contribution >= 4 is 12.0 Å². The van der Waals surface area contributed by atoms with E-state index in [4.69, 9.17) is 14.9 Å². The molecule has 0 fully saturated rings. The van der Waals surface area contributed by atoms with Crippen LogP contribution in [-0.4, -0.2) is 54.1 Å². The van der Waals surface area contributed by atoms with Crippen molar-refractivity contribution in [2.24, 2.45) is 0 Å². The first-order valence-corrected chi connectivity index (χ1v) is 5.50. The lowest BCUT2D eigenvalue weighted by Gasteiger charge is -2.16. The predicted molar refractivity (Wildman–Crippen MR) is 60.7 cm³/mol. The van der Waals surface area contributed by atoms with Crippen LogP contribution >= 0.6 is 0 Å². The minimum atomic E-state index is -1.17. The van der Waals surface area contributed by atoms with Gasteiger partial charge in [-0.2, -0.15) is 0 Å². The Morgan fingerprint density at radius 3 is 2.53 bits per heavy atom. The van der Waals surface area contributed by atoms with Gasteiger partial charge in [0.2, 0.25) is 0 Å². The van der Waals surface area contributed by atoms with E-state index in [1.807, 2.05) is 6.92 Å². The fraction of sp³-hybridized carbons (Fsp3) is 0.800. The normalized spacial score (nSPS) is 13.8. The molecule has 17 heavy (non-hydrogen) atoms. The number of aliphatic hydroxyl groups is 1. The third-order valence-corrected chi connectivity index (χ3v) is 2.02. The number of amides is 2. The second-order valence-electron chi connectivity index (χ2n) is 3.52. The number of carbonyl (C=O) groups is 2. The van der Waals surface area contributed by atoms with E-state index in [2.05, 4.69) is 10.6 Å². The van der Waals surface area contributed by atoms with Crippen molar-refractivity contribution in [1.29, 1.82) is 0 Å². The van der Waals surface area contributed by atoms with Gasteiger partial charge in [-0.25, -0.2) is 9.59 Å². The van der Waals surface area contributed by atoms with Crippen molar-refractivity contribution in [3.8, 4) is 0 Å². The zero-order chi connectivity index (χ0) is 13.3. The molecule has 0 aliphatic heterocycles. The molecule has 0 rings (SSSR count). The number of hydrogen-bond donors (Lipinski definition) is 4. The van der Waals surface area contributed by atoms with Crippen LogP contribution in [-0.2, 0) is 9.53 Å². The van der Waals surface area contributed by atoms with Gasteiger partial charge in [-0.1, -0.05) is 0 Å². The molecule has 7 nitrogen and oxygen atoms in total. The van der Waals surface area contributed by atoms with Crippen molar-refractivity contribution in [3.05, 3.63) is 0 Å². The largest absolute Gasteiger partial charge is 0.480 e. The van der Waals surface area contributed by atoms with Crippen LogP contribution in [0.15, 0.2) is 0 Å². The van der Waals surface area contributed by atoms with E-state index in [9.17, 15) is 9.59 Å². The van der Waals surface area contributed by atoms with Crippen LogP contribution in [0.2, 0.25) is 0 Å². The third-order valence-electron chi connectivity index (χ3n) is 2.02. The van der Waals surface area contributed by atoms with Gasteiger partial charge in [-0.15, -0.1) is 0 Å². The molecule has 2 atom stereocenters. The summed E-state index contributed by atoms with van der Waals surface area (Å²) in [5.74, 6) is -1.17. The topological polar surface area (TPSA) is 108 Å². The number of nitrogens with one attached hydrogen (secondary N) is 2. The van der Waals surface area contributed by atoms with Crippen molar-refractivity contribution in [1.82, 2.24) is 10.6 Å². The molecule has 2 unspecified atom stereocenters. The number of carboxylic acid groups (broad SMARTS) is 1. The first kappa shape index (κ1) is 15.7. The van der Waals surface area contributed by atoms with Crippen LogP contribution in [0.5, 0.6) is 0 Å². The second kappa shape index (κ2) is 8.77. The van der Waals surface area contributed by atoms with Crippen LogP contribution in [0.4, 0.5) is 4.79 Å². The molecule has 0 aliphatic carbocycles. The highest BCUT2D eigenvalue weighted by molar-refractivity contribution is 5.82. The lowest BCUT2D eigenvalue weighted by atomic mass is 10.2. The molecular formula is C10H20N2O5. The van der Waals surface area contributed by atoms with Crippen molar-refractivity contribution in [2.75, 3.05) is 19.8 Å². The van der Waals surface area contributed by atoms with E-state index in [1.165, 1.54) is 0 Å². The number of aliphatic hydroxyl groups excluding tert-OH is 1. The summed E-state index contributed by atoms with van der Waals surface area (Å²) in [6.07, 6.45) is -0.157. The first-order chi connectivity index (χ1) is 8.01. The van der Waals surface area contributed by atoms with Crippen LogP contribution in [0.3, 0.4) is 0 Å². The molecule has 2 amide bonds. The van der Waals surface area contributed by atoms with Gasteiger partial charge in [-0.3, -0.25) is 0 Å². The maximum Gasteiger partial charge on any atom is 0.326 e. The zero-order valence-electron chi connectivity index (χ0n) is 10.1. The summed E-state index contributed by atoms with van der Waals surface area (Å²) >= 11 is 0. The van der Waals surface area contributed by atoms with Gasteiger partial charge in [0.15, 0.2) is 0 Å². The number of aliphatic carboxylic acids is 1. The molecule has 0 spiro atoms. The smallest absolute Gasteiger partial charge is 0.326 e. The van der Waals surface area contributed by atoms with Crippen molar-refractivity contribution in [3.63, 3.8) is 0 Å². The molecule has 0 saturated carbocycles. The molecule has 100 valence electrons. The van der Waals surface area contributed by atoms with Crippen LogP contribution in [0.25, 0.3) is 0 Å². The number of hydrogen-bond acceptors (Lipinski definition) is 4. The minimum Gasteiger partial charge on any atom is -0.480 e. The molecular weight excluding hydrogens is 228 g/mol.